The zero-order valence-electron chi connectivity index (χ0n) is 12.4. The van der Waals surface area contributed by atoms with E-state index in [4.69, 9.17) is 0 Å². The van der Waals surface area contributed by atoms with Crippen molar-refractivity contribution in [2.45, 2.75) is 57.9 Å². The Bertz CT molecular complexity index is 372. The van der Waals surface area contributed by atoms with Gasteiger partial charge in [-0.25, -0.2) is 0 Å². The van der Waals surface area contributed by atoms with Crippen molar-refractivity contribution >= 4 is 10.2 Å². The Morgan fingerprint density at radius 2 is 2.16 bits per heavy atom. The molecule has 0 bridgehead atoms. The number of unbranched alkanes of at least 4 members (excludes halogenated alkanes) is 1. The first-order chi connectivity index (χ1) is 8.85. The van der Waals surface area contributed by atoms with Gasteiger partial charge < -0.3 is 5.11 Å². The van der Waals surface area contributed by atoms with Gasteiger partial charge in [0.25, 0.3) is 10.2 Å². The van der Waals surface area contributed by atoms with Crippen molar-refractivity contribution in [3.63, 3.8) is 0 Å². The molecule has 0 heterocycles. The third-order valence-corrected chi connectivity index (χ3v) is 5.67. The Morgan fingerprint density at radius 3 is 2.68 bits per heavy atom. The fourth-order valence-corrected chi connectivity index (χ4v) is 4.10. The van der Waals surface area contributed by atoms with Gasteiger partial charge in [-0.05, 0) is 25.2 Å². The summed E-state index contributed by atoms with van der Waals surface area (Å²) in [7, 11) is -1.91. The lowest BCUT2D eigenvalue weighted by Crippen LogP contribution is -2.56. The molecule has 1 saturated carbocycles. The van der Waals surface area contributed by atoms with E-state index in [1.165, 1.54) is 4.31 Å². The monoisotopic (exact) mass is 292 g/mol. The summed E-state index contributed by atoms with van der Waals surface area (Å²) in [5.74, 6) is 0.449. The average molecular weight is 292 g/mol. The van der Waals surface area contributed by atoms with Crippen LogP contribution in [0.5, 0.6) is 0 Å². The van der Waals surface area contributed by atoms with E-state index in [1.807, 2.05) is 6.92 Å². The van der Waals surface area contributed by atoms with Crippen molar-refractivity contribution in [1.82, 2.24) is 9.03 Å². The third kappa shape index (κ3) is 4.70. The van der Waals surface area contributed by atoms with E-state index in [2.05, 4.69) is 11.6 Å². The van der Waals surface area contributed by atoms with Gasteiger partial charge in [-0.1, -0.05) is 33.1 Å². The first kappa shape index (κ1) is 16.9. The van der Waals surface area contributed by atoms with Crippen LogP contribution in [0.25, 0.3) is 0 Å². The number of nitrogens with one attached hydrogen (secondary N) is 1. The van der Waals surface area contributed by atoms with E-state index >= 15 is 0 Å². The zero-order chi connectivity index (χ0) is 14.5. The number of aliphatic hydroxyl groups excluding tert-OH is 1. The van der Waals surface area contributed by atoms with Crippen LogP contribution in [0.3, 0.4) is 0 Å². The Morgan fingerprint density at radius 1 is 1.47 bits per heavy atom. The quantitative estimate of drug-likeness (QED) is 0.747. The van der Waals surface area contributed by atoms with Crippen molar-refractivity contribution in [3.05, 3.63) is 0 Å². The Balaban J connectivity index is 2.73. The molecule has 19 heavy (non-hydrogen) atoms. The molecule has 0 radical (unpaired) electrons. The van der Waals surface area contributed by atoms with Crippen LogP contribution >= 0.6 is 0 Å². The lowest BCUT2D eigenvalue weighted by Gasteiger charge is -2.39. The van der Waals surface area contributed by atoms with Gasteiger partial charge in [0.2, 0.25) is 0 Å². The zero-order valence-corrected chi connectivity index (χ0v) is 13.2. The molecule has 0 aromatic rings. The van der Waals surface area contributed by atoms with Crippen molar-refractivity contribution in [3.8, 4) is 0 Å². The highest BCUT2D eigenvalue weighted by atomic mass is 32.2. The molecule has 0 aromatic carbocycles. The van der Waals surface area contributed by atoms with E-state index in [1.54, 1.807) is 7.05 Å². The molecule has 2 unspecified atom stereocenters. The van der Waals surface area contributed by atoms with Gasteiger partial charge in [-0.15, -0.1) is 0 Å². The highest BCUT2D eigenvalue weighted by molar-refractivity contribution is 7.87. The minimum absolute atomic E-state index is 0.127. The number of nitrogens with zero attached hydrogens (tertiary/aromatic N) is 1. The van der Waals surface area contributed by atoms with E-state index in [9.17, 15) is 13.5 Å². The van der Waals surface area contributed by atoms with Crippen LogP contribution in [-0.4, -0.2) is 43.6 Å². The van der Waals surface area contributed by atoms with Crippen LogP contribution in [0, 0.1) is 5.92 Å². The molecule has 0 saturated heterocycles. The van der Waals surface area contributed by atoms with Gasteiger partial charge in [-0.2, -0.15) is 17.4 Å². The van der Waals surface area contributed by atoms with Crippen LogP contribution in [0.4, 0.5) is 0 Å². The largest absolute Gasteiger partial charge is 0.394 e. The second-order valence-electron chi connectivity index (χ2n) is 5.92. The second-order valence-corrected chi connectivity index (χ2v) is 7.70. The summed E-state index contributed by atoms with van der Waals surface area (Å²) < 4.78 is 28.7. The molecular weight excluding hydrogens is 264 g/mol. The highest BCUT2D eigenvalue weighted by Crippen LogP contribution is 2.32. The third-order valence-electron chi connectivity index (χ3n) is 3.98. The van der Waals surface area contributed by atoms with Gasteiger partial charge >= 0.3 is 0 Å². The summed E-state index contributed by atoms with van der Waals surface area (Å²) in [5.41, 5.74) is -0.670. The van der Waals surface area contributed by atoms with E-state index < -0.39 is 15.7 Å². The summed E-state index contributed by atoms with van der Waals surface area (Å²) in [6, 6.07) is 0. The molecule has 0 aliphatic heterocycles. The summed E-state index contributed by atoms with van der Waals surface area (Å²) in [6.45, 7) is 4.53. The minimum Gasteiger partial charge on any atom is -0.394 e. The summed E-state index contributed by atoms with van der Waals surface area (Å²) in [5, 5.41) is 9.64. The van der Waals surface area contributed by atoms with Crippen molar-refractivity contribution < 1.29 is 13.5 Å². The van der Waals surface area contributed by atoms with E-state index in [0.717, 1.165) is 25.7 Å². The minimum atomic E-state index is -3.50. The predicted molar refractivity (Wildman–Crippen MR) is 77.0 cm³/mol. The molecule has 0 amide bonds. The molecule has 1 fully saturated rings. The fraction of sp³-hybridized carbons (Fsp3) is 1.00. The van der Waals surface area contributed by atoms with E-state index in [0.29, 0.717) is 25.3 Å². The van der Waals surface area contributed by atoms with Crippen LogP contribution in [0.15, 0.2) is 0 Å². The van der Waals surface area contributed by atoms with Gasteiger partial charge in [0.05, 0.1) is 12.1 Å². The molecule has 0 spiro atoms. The number of hydrogen-bond acceptors (Lipinski definition) is 3. The van der Waals surface area contributed by atoms with Crippen molar-refractivity contribution in [1.29, 1.82) is 0 Å². The normalized spacial score (nSPS) is 28.8. The molecule has 1 rings (SSSR count). The first-order valence-corrected chi connectivity index (χ1v) is 8.65. The topological polar surface area (TPSA) is 69.6 Å². The molecule has 5 nitrogen and oxygen atoms in total. The number of hydrogen-bond donors (Lipinski definition) is 2. The van der Waals surface area contributed by atoms with Gasteiger partial charge in [0.15, 0.2) is 0 Å². The Hall–Kier alpha value is -0.170. The molecule has 2 atom stereocenters. The lowest BCUT2D eigenvalue weighted by molar-refractivity contribution is 0.118. The van der Waals surface area contributed by atoms with Crippen molar-refractivity contribution in [2.75, 3.05) is 20.2 Å². The van der Waals surface area contributed by atoms with Gasteiger partial charge in [0, 0.05) is 13.6 Å². The van der Waals surface area contributed by atoms with Crippen LogP contribution in [0.1, 0.15) is 52.4 Å². The maximum absolute atomic E-state index is 12.3. The Kier molecular flexibility index (Phi) is 6.23. The summed E-state index contributed by atoms with van der Waals surface area (Å²) in [6.07, 6.45) is 5.30. The molecule has 6 heteroatoms. The first-order valence-electron chi connectivity index (χ1n) is 7.21. The maximum Gasteiger partial charge on any atom is 0.279 e. The molecular formula is C13H28N2O3S. The molecule has 2 N–H and O–H groups in total. The number of aliphatic hydroxyl groups is 1. The average Bonchev–Trinajstić information content (AvgIpc) is 2.35. The predicted octanol–water partition coefficient (Wildman–Crippen LogP) is 1.49. The standard InChI is InChI=1S/C13H28N2O3S/c1-4-5-9-15(3)19(17,18)14-13(11-16)8-6-7-12(2)10-13/h12,14,16H,4-11H2,1-3H3. The van der Waals surface area contributed by atoms with Crippen LogP contribution < -0.4 is 4.72 Å². The van der Waals surface area contributed by atoms with Crippen molar-refractivity contribution in [2.24, 2.45) is 5.92 Å². The highest BCUT2D eigenvalue weighted by Gasteiger charge is 2.38. The fourth-order valence-electron chi connectivity index (χ4n) is 2.78. The van der Waals surface area contributed by atoms with Crippen LogP contribution in [-0.2, 0) is 10.2 Å². The summed E-state index contributed by atoms with van der Waals surface area (Å²) >= 11 is 0. The maximum atomic E-state index is 12.3. The molecule has 1 aliphatic rings. The van der Waals surface area contributed by atoms with E-state index in [-0.39, 0.29) is 6.61 Å². The molecule has 0 aromatic heterocycles. The smallest absolute Gasteiger partial charge is 0.279 e. The number of rotatable bonds is 7. The SMILES string of the molecule is CCCCN(C)S(=O)(=O)NC1(CO)CCCC(C)C1. The Labute approximate surface area is 117 Å². The lowest BCUT2D eigenvalue weighted by atomic mass is 9.78. The van der Waals surface area contributed by atoms with Crippen LogP contribution in [0.2, 0.25) is 0 Å². The molecule has 1 aliphatic carbocycles. The van der Waals surface area contributed by atoms with Gasteiger partial charge in [-0.3, -0.25) is 0 Å². The summed E-state index contributed by atoms with van der Waals surface area (Å²) in [4.78, 5) is 0. The van der Waals surface area contributed by atoms with Gasteiger partial charge in [0.1, 0.15) is 0 Å². The molecule has 114 valence electrons. The second kappa shape index (κ2) is 7.02.